The molecule has 0 aromatic heterocycles. The number of fused-ring (bicyclic) bond motifs is 1. The molecule has 0 bridgehead atoms. The van der Waals surface area contributed by atoms with Crippen LogP contribution in [0.4, 0.5) is 0 Å². The molecular weight excluding hydrogens is 308 g/mol. The summed E-state index contributed by atoms with van der Waals surface area (Å²) in [6.07, 6.45) is 2.29. The summed E-state index contributed by atoms with van der Waals surface area (Å²) in [5.74, 6) is 1.81. The molecule has 2 atom stereocenters. The third-order valence-electron chi connectivity index (χ3n) is 5.66. The fourth-order valence-electron chi connectivity index (χ4n) is 4.21. The van der Waals surface area contributed by atoms with Crippen LogP contribution in [0.25, 0.3) is 0 Å². The predicted octanol–water partition coefficient (Wildman–Crippen LogP) is 3.15. The van der Waals surface area contributed by atoms with Gasteiger partial charge in [0.2, 0.25) is 5.91 Å². The Bertz CT molecular complexity index is 544. The summed E-state index contributed by atoms with van der Waals surface area (Å²) in [4.78, 5) is 15.3. The molecule has 3 rings (SSSR count). The van der Waals surface area contributed by atoms with Gasteiger partial charge in [0, 0.05) is 13.1 Å². The van der Waals surface area contributed by atoms with E-state index in [1.165, 1.54) is 5.56 Å². The molecule has 2 aliphatic rings. The molecule has 4 heteroatoms. The van der Waals surface area contributed by atoms with Gasteiger partial charge < -0.3 is 10.2 Å². The summed E-state index contributed by atoms with van der Waals surface area (Å²) in [5, 5.41) is 3.50. The van der Waals surface area contributed by atoms with Crippen LogP contribution in [-0.2, 0) is 10.2 Å². The van der Waals surface area contributed by atoms with Crippen molar-refractivity contribution in [2.45, 2.75) is 39.0 Å². The van der Waals surface area contributed by atoms with Gasteiger partial charge >= 0.3 is 0 Å². The standard InChI is InChI=1S/C19H28N2O.ClH/c1-14-6-4-5-7-17(14)19(2,3)18(22)21-10-8-15-12-20-13-16(15)9-11-21;/h4-7,15-16,20H,8-13H2,1-3H3;1H/t15-,16+;. The van der Waals surface area contributed by atoms with E-state index in [1.54, 1.807) is 0 Å². The second kappa shape index (κ2) is 7.23. The Morgan fingerprint density at radius 3 is 2.26 bits per heavy atom. The number of aryl methyl sites for hydroxylation is 1. The Balaban J connectivity index is 0.00000192. The summed E-state index contributed by atoms with van der Waals surface area (Å²) in [6.45, 7) is 10.3. The van der Waals surface area contributed by atoms with Gasteiger partial charge in [-0.25, -0.2) is 0 Å². The molecule has 2 aliphatic heterocycles. The zero-order chi connectivity index (χ0) is 15.7. The van der Waals surface area contributed by atoms with Gasteiger partial charge in [-0.05, 0) is 69.7 Å². The quantitative estimate of drug-likeness (QED) is 0.899. The van der Waals surface area contributed by atoms with Crippen molar-refractivity contribution in [2.75, 3.05) is 26.2 Å². The number of carbonyl (C=O) groups excluding carboxylic acids is 1. The van der Waals surface area contributed by atoms with Crippen molar-refractivity contribution >= 4 is 18.3 Å². The Labute approximate surface area is 146 Å². The summed E-state index contributed by atoms with van der Waals surface area (Å²) >= 11 is 0. The highest BCUT2D eigenvalue weighted by Gasteiger charge is 2.37. The topological polar surface area (TPSA) is 32.3 Å². The number of amides is 1. The van der Waals surface area contributed by atoms with Gasteiger partial charge in [0.15, 0.2) is 0 Å². The number of hydrogen-bond acceptors (Lipinski definition) is 2. The largest absolute Gasteiger partial charge is 0.342 e. The minimum absolute atomic E-state index is 0. The van der Waals surface area contributed by atoms with E-state index in [-0.39, 0.29) is 18.3 Å². The Kier molecular flexibility index (Phi) is 5.74. The van der Waals surface area contributed by atoms with Crippen LogP contribution in [0, 0.1) is 18.8 Å². The van der Waals surface area contributed by atoms with E-state index >= 15 is 0 Å². The van der Waals surface area contributed by atoms with Crippen LogP contribution in [-0.4, -0.2) is 37.0 Å². The van der Waals surface area contributed by atoms with E-state index in [0.29, 0.717) is 0 Å². The molecule has 0 aliphatic carbocycles. The van der Waals surface area contributed by atoms with Crippen molar-refractivity contribution in [1.82, 2.24) is 10.2 Å². The SMILES string of the molecule is Cc1ccccc1C(C)(C)C(=O)N1CC[C@@H]2CNC[C@@H]2CC1.Cl. The maximum atomic E-state index is 13.2. The van der Waals surface area contributed by atoms with Gasteiger partial charge in [-0.2, -0.15) is 0 Å². The fraction of sp³-hybridized carbons (Fsp3) is 0.632. The van der Waals surface area contributed by atoms with Crippen molar-refractivity contribution < 1.29 is 4.79 Å². The molecule has 1 aromatic rings. The molecule has 1 aromatic carbocycles. The number of halogens is 1. The average molecular weight is 337 g/mol. The van der Waals surface area contributed by atoms with Crippen molar-refractivity contribution in [3.8, 4) is 0 Å². The fourth-order valence-corrected chi connectivity index (χ4v) is 4.21. The molecule has 128 valence electrons. The van der Waals surface area contributed by atoms with Gasteiger partial charge in [-0.15, -0.1) is 12.4 Å². The monoisotopic (exact) mass is 336 g/mol. The van der Waals surface area contributed by atoms with E-state index in [9.17, 15) is 4.79 Å². The highest BCUT2D eigenvalue weighted by atomic mass is 35.5. The summed E-state index contributed by atoms with van der Waals surface area (Å²) in [5.41, 5.74) is 1.92. The van der Waals surface area contributed by atoms with Crippen LogP contribution in [0.5, 0.6) is 0 Å². The first-order valence-electron chi connectivity index (χ1n) is 8.56. The number of rotatable bonds is 2. The Morgan fingerprint density at radius 1 is 1.13 bits per heavy atom. The minimum atomic E-state index is -0.441. The van der Waals surface area contributed by atoms with Gasteiger partial charge in [-0.1, -0.05) is 24.3 Å². The van der Waals surface area contributed by atoms with Crippen molar-refractivity contribution in [3.63, 3.8) is 0 Å². The number of nitrogens with one attached hydrogen (secondary N) is 1. The summed E-state index contributed by atoms with van der Waals surface area (Å²) in [6, 6.07) is 8.28. The molecule has 1 N–H and O–H groups in total. The van der Waals surface area contributed by atoms with Crippen LogP contribution in [0.15, 0.2) is 24.3 Å². The maximum absolute atomic E-state index is 13.2. The highest BCUT2D eigenvalue weighted by molar-refractivity contribution is 5.87. The van der Waals surface area contributed by atoms with E-state index in [2.05, 4.69) is 43.1 Å². The van der Waals surface area contributed by atoms with E-state index < -0.39 is 5.41 Å². The molecule has 0 spiro atoms. The predicted molar refractivity (Wildman–Crippen MR) is 97.1 cm³/mol. The van der Waals surface area contributed by atoms with Crippen LogP contribution < -0.4 is 5.32 Å². The number of benzene rings is 1. The normalized spacial score (nSPS) is 24.6. The first-order valence-corrected chi connectivity index (χ1v) is 8.56. The molecular formula is C19H29ClN2O. The highest BCUT2D eigenvalue weighted by Crippen LogP contribution is 2.32. The zero-order valence-electron chi connectivity index (χ0n) is 14.5. The van der Waals surface area contributed by atoms with Crippen molar-refractivity contribution in [3.05, 3.63) is 35.4 Å². The summed E-state index contributed by atoms with van der Waals surface area (Å²) in [7, 11) is 0. The van der Waals surface area contributed by atoms with E-state index in [0.717, 1.165) is 56.4 Å². The van der Waals surface area contributed by atoms with Crippen LogP contribution in [0.1, 0.15) is 37.8 Å². The number of nitrogens with zero attached hydrogens (tertiary/aromatic N) is 1. The smallest absolute Gasteiger partial charge is 0.232 e. The Morgan fingerprint density at radius 2 is 1.70 bits per heavy atom. The third kappa shape index (κ3) is 3.56. The zero-order valence-corrected chi connectivity index (χ0v) is 15.3. The molecule has 0 radical (unpaired) electrons. The molecule has 2 fully saturated rings. The van der Waals surface area contributed by atoms with Gasteiger partial charge in [0.25, 0.3) is 0 Å². The van der Waals surface area contributed by atoms with Crippen molar-refractivity contribution in [1.29, 1.82) is 0 Å². The number of hydrogen-bond donors (Lipinski definition) is 1. The molecule has 0 unspecified atom stereocenters. The lowest BCUT2D eigenvalue weighted by Gasteiger charge is -2.33. The maximum Gasteiger partial charge on any atom is 0.232 e. The number of likely N-dealkylation sites (tertiary alicyclic amines) is 1. The van der Waals surface area contributed by atoms with Gasteiger partial charge in [-0.3, -0.25) is 4.79 Å². The molecule has 1 amide bonds. The first-order chi connectivity index (χ1) is 10.5. The lowest BCUT2D eigenvalue weighted by Crippen LogP contribution is -2.44. The van der Waals surface area contributed by atoms with E-state index in [1.807, 2.05) is 12.1 Å². The molecule has 2 heterocycles. The first kappa shape index (κ1) is 18.3. The number of carbonyl (C=O) groups is 1. The third-order valence-corrected chi connectivity index (χ3v) is 5.66. The van der Waals surface area contributed by atoms with Crippen LogP contribution in [0.3, 0.4) is 0 Å². The minimum Gasteiger partial charge on any atom is -0.342 e. The summed E-state index contributed by atoms with van der Waals surface area (Å²) < 4.78 is 0. The lowest BCUT2D eigenvalue weighted by molar-refractivity contribution is -0.136. The Hall–Kier alpha value is -1.06. The average Bonchev–Trinajstić information content (AvgIpc) is 2.86. The lowest BCUT2D eigenvalue weighted by atomic mass is 9.80. The van der Waals surface area contributed by atoms with Crippen LogP contribution >= 0.6 is 12.4 Å². The molecule has 23 heavy (non-hydrogen) atoms. The van der Waals surface area contributed by atoms with E-state index in [4.69, 9.17) is 0 Å². The molecule has 0 saturated carbocycles. The molecule has 2 saturated heterocycles. The second-order valence-corrected chi connectivity index (χ2v) is 7.49. The molecule has 3 nitrogen and oxygen atoms in total. The van der Waals surface area contributed by atoms with Crippen molar-refractivity contribution in [2.24, 2.45) is 11.8 Å². The van der Waals surface area contributed by atoms with Crippen LogP contribution in [0.2, 0.25) is 0 Å². The van der Waals surface area contributed by atoms with Gasteiger partial charge in [0.05, 0.1) is 5.41 Å². The second-order valence-electron chi connectivity index (χ2n) is 7.49. The van der Waals surface area contributed by atoms with Gasteiger partial charge in [0.1, 0.15) is 0 Å².